The predicted octanol–water partition coefficient (Wildman–Crippen LogP) is 2.76. The normalized spacial score (nSPS) is 25.8. The minimum Gasteiger partial charge on any atom is -0.389 e. The van der Waals surface area contributed by atoms with Gasteiger partial charge in [-0.3, -0.25) is 10.1 Å². The number of aliphatic hydroxyl groups is 1. The lowest BCUT2D eigenvalue weighted by Gasteiger charge is -2.35. The SMILES string of the molecule is CC1CCC(O)(CNCc2ccc([N+](=O)[O-])c(F)c2)CC1. The summed E-state index contributed by atoms with van der Waals surface area (Å²) in [7, 11) is 0. The summed E-state index contributed by atoms with van der Waals surface area (Å²) in [6, 6.07) is 3.86. The Bertz CT molecular complexity index is 514. The average molecular weight is 296 g/mol. The van der Waals surface area contributed by atoms with Crippen LogP contribution in [0.25, 0.3) is 0 Å². The quantitative estimate of drug-likeness (QED) is 0.647. The van der Waals surface area contributed by atoms with E-state index in [1.54, 1.807) is 0 Å². The Hall–Kier alpha value is -1.53. The van der Waals surface area contributed by atoms with Gasteiger partial charge in [0.2, 0.25) is 5.82 Å². The summed E-state index contributed by atoms with van der Waals surface area (Å²) in [4.78, 5) is 9.80. The number of nitro benzene ring substituents is 1. The van der Waals surface area contributed by atoms with Crippen LogP contribution in [-0.2, 0) is 6.54 Å². The Kier molecular flexibility index (Phi) is 4.90. The first-order chi connectivity index (χ1) is 9.89. The molecule has 0 spiro atoms. The fourth-order valence-electron chi connectivity index (χ4n) is 2.72. The van der Waals surface area contributed by atoms with E-state index in [1.807, 2.05) is 0 Å². The predicted molar refractivity (Wildman–Crippen MR) is 77.3 cm³/mol. The molecule has 0 aliphatic heterocycles. The summed E-state index contributed by atoms with van der Waals surface area (Å²) >= 11 is 0. The minimum absolute atomic E-state index is 0.382. The van der Waals surface area contributed by atoms with Crippen molar-refractivity contribution in [3.8, 4) is 0 Å². The van der Waals surface area contributed by atoms with Crippen molar-refractivity contribution in [2.45, 2.75) is 44.8 Å². The zero-order valence-corrected chi connectivity index (χ0v) is 12.1. The molecule has 1 saturated carbocycles. The van der Waals surface area contributed by atoms with Gasteiger partial charge in [0.05, 0.1) is 10.5 Å². The Balaban J connectivity index is 1.86. The molecule has 1 aromatic carbocycles. The molecule has 2 rings (SSSR count). The molecule has 0 atom stereocenters. The summed E-state index contributed by atoms with van der Waals surface area (Å²) < 4.78 is 13.5. The molecular formula is C15H21FN2O3. The summed E-state index contributed by atoms with van der Waals surface area (Å²) in [6.45, 7) is 3.03. The fourth-order valence-corrected chi connectivity index (χ4v) is 2.72. The van der Waals surface area contributed by atoms with Gasteiger partial charge in [-0.25, -0.2) is 0 Å². The Morgan fingerprint density at radius 2 is 2.14 bits per heavy atom. The van der Waals surface area contributed by atoms with Crippen molar-refractivity contribution in [2.24, 2.45) is 5.92 Å². The van der Waals surface area contributed by atoms with E-state index in [0.717, 1.165) is 31.7 Å². The molecule has 0 radical (unpaired) electrons. The third-order valence-corrected chi connectivity index (χ3v) is 4.20. The molecule has 1 fully saturated rings. The fraction of sp³-hybridized carbons (Fsp3) is 0.600. The molecular weight excluding hydrogens is 275 g/mol. The third-order valence-electron chi connectivity index (χ3n) is 4.20. The Morgan fingerprint density at radius 3 is 2.71 bits per heavy atom. The van der Waals surface area contributed by atoms with Gasteiger partial charge in [0.25, 0.3) is 0 Å². The molecule has 1 aliphatic carbocycles. The van der Waals surface area contributed by atoms with Gasteiger partial charge < -0.3 is 10.4 Å². The highest BCUT2D eigenvalue weighted by atomic mass is 19.1. The third kappa shape index (κ3) is 4.22. The molecule has 0 saturated heterocycles. The van der Waals surface area contributed by atoms with Crippen molar-refractivity contribution < 1.29 is 14.4 Å². The van der Waals surface area contributed by atoms with Gasteiger partial charge in [0, 0.05) is 19.2 Å². The van der Waals surface area contributed by atoms with E-state index < -0.39 is 22.0 Å². The summed E-state index contributed by atoms with van der Waals surface area (Å²) in [6.07, 6.45) is 3.58. The monoisotopic (exact) mass is 296 g/mol. The lowest BCUT2D eigenvalue weighted by atomic mass is 9.79. The van der Waals surface area contributed by atoms with Crippen molar-refractivity contribution in [2.75, 3.05) is 6.54 Å². The van der Waals surface area contributed by atoms with E-state index in [1.165, 1.54) is 12.1 Å². The molecule has 116 valence electrons. The number of nitrogens with zero attached hydrogens (tertiary/aromatic N) is 1. The zero-order valence-electron chi connectivity index (χ0n) is 12.1. The maximum absolute atomic E-state index is 13.5. The second-order valence-corrected chi connectivity index (χ2v) is 6.05. The molecule has 1 aromatic rings. The number of rotatable bonds is 5. The van der Waals surface area contributed by atoms with Crippen LogP contribution in [0, 0.1) is 21.8 Å². The largest absolute Gasteiger partial charge is 0.389 e. The minimum atomic E-state index is -0.829. The van der Waals surface area contributed by atoms with Crippen molar-refractivity contribution in [1.82, 2.24) is 5.32 Å². The van der Waals surface area contributed by atoms with Gasteiger partial charge >= 0.3 is 5.69 Å². The Labute approximate surface area is 123 Å². The smallest absolute Gasteiger partial charge is 0.304 e. The number of hydrogen-bond donors (Lipinski definition) is 2. The highest BCUT2D eigenvalue weighted by Gasteiger charge is 2.31. The maximum atomic E-state index is 13.5. The number of hydrogen-bond acceptors (Lipinski definition) is 4. The topological polar surface area (TPSA) is 75.4 Å². The van der Waals surface area contributed by atoms with E-state index >= 15 is 0 Å². The van der Waals surface area contributed by atoms with E-state index in [0.29, 0.717) is 24.6 Å². The molecule has 0 amide bonds. The lowest BCUT2D eigenvalue weighted by molar-refractivity contribution is -0.387. The molecule has 1 aliphatic rings. The van der Waals surface area contributed by atoms with Crippen molar-refractivity contribution in [3.63, 3.8) is 0 Å². The molecule has 0 aromatic heterocycles. The van der Waals surface area contributed by atoms with Crippen LogP contribution in [0.2, 0.25) is 0 Å². The van der Waals surface area contributed by atoms with Crippen molar-refractivity contribution in [3.05, 3.63) is 39.7 Å². The molecule has 0 heterocycles. The molecule has 5 nitrogen and oxygen atoms in total. The summed E-state index contributed by atoms with van der Waals surface area (Å²) in [5.74, 6) is -0.168. The van der Waals surface area contributed by atoms with Crippen LogP contribution in [0.15, 0.2) is 18.2 Å². The van der Waals surface area contributed by atoms with E-state index in [-0.39, 0.29) is 0 Å². The number of nitrogens with one attached hydrogen (secondary N) is 1. The maximum Gasteiger partial charge on any atom is 0.304 e. The summed E-state index contributed by atoms with van der Waals surface area (Å²) in [5, 5.41) is 24.1. The number of halogens is 1. The van der Waals surface area contributed by atoms with Crippen molar-refractivity contribution >= 4 is 5.69 Å². The van der Waals surface area contributed by atoms with Gasteiger partial charge in [-0.05, 0) is 43.2 Å². The summed E-state index contributed by atoms with van der Waals surface area (Å²) in [5.41, 5.74) is -0.573. The van der Waals surface area contributed by atoms with Crippen LogP contribution >= 0.6 is 0 Å². The van der Waals surface area contributed by atoms with Crippen LogP contribution < -0.4 is 5.32 Å². The number of benzene rings is 1. The van der Waals surface area contributed by atoms with Gasteiger partial charge in [0.1, 0.15) is 0 Å². The van der Waals surface area contributed by atoms with Crippen LogP contribution in [0.3, 0.4) is 0 Å². The highest BCUT2D eigenvalue weighted by molar-refractivity contribution is 5.34. The molecule has 0 bridgehead atoms. The van der Waals surface area contributed by atoms with Gasteiger partial charge in [-0.2, -0.15) is 4.39 Å². The van der Waals surface area contributed by atoms with Gasteiger partial charge in [0.15, 0.2) is 0 Å². The van der Waals surface area contributed by atoms with Crippen LogP contribution in [0.5, 0.6) is 0 Å². The zero-order chi connectivity index (χ0) is 15.5. The van der Waals surface area contributed by atoms with E-state index in [2.05, 4.69) is 12.2 Å². The first-order valence-electron chi connectivity index (χ1n) is 7.25. The van der Waals surface area contributed by atoms with E-state index in [4.69, 9.17) is 0 Å². The average Bonchev–Trinajstić information content (AvgIpc) is 2.42. The highest BCUT2D eigenvalue weighted by Crippen LogP contribution is 2.31. The lowest BCUT2D eigenvalue weighted by Crippen LogP contribution is -2.43. The second-order valence-electron chi connectivity index (χ2n) is 6.05. The van der Waals surface area contributed by atoms with Crippen LogP contribution in [0.1, 0.15) is 38.2 Å². The van der Waals surface area contributed by atoms with E-state index in [9.17, 15) is 19.6 Å². The van der Waals surface area contributed by atoms with Gasteiger partial charge in [-0.1, -0.05) is 13.0 Å². The van der Waals surface area contributed by atoms with Crippen molar-refractivity contribution in [1.29, 1.82) is 0 Å². The Morgan fingerprint density at radius 1 is 1.48 bits per heavy atom. The second kappa shape index (κ2) is 6.49. The first kappa shape index (κ1) is 15.9. The molecule has 2 N–H and O–H groups in total. The van der Waals surface area contributed by atoms with Gasteiger partial charge in [-0.15, -0.1) is 0 Å². The molecule has 6 heteroatoms. The molecule has 0 unspecified atom stereocenters. The van der Waals surface area contributed by atoms with Crippen LogP contribution in [-0.4, -0.2) is 22.2 Å². The van der Waals surface area contributed by atoms with Crippen LogP contribution in [0.4, 0.5) is 10.1 Å². The standard InChI is InChI=1S/C15H21FN2O3/c1-11-4-6-15(19,7-5-11)10-17-9-12-2-3-14(18(20)21)13(16)8-12/h2-3,8,11,17,19H,4-7,9-10H2,1H3. The number of nitro groups is 1. The first-order valence-corrected chi connectivity index (χ1v) is 7.25. The molecule has 21 heavy (non-hydrogen) atoms.